The quantitative estimate of drug-likeness (QED) is 0.828. The molecule has 1 aliphatic rings. The Morgan fingerprint density at radius 2 is 2.11 bits per heavy atom. The summed E-state index contributed by atoms with van der Waals surface area (Å²) < 4.78 is 6.06. The van der Waals surface area contributed by atoms with Crippen molar-refractivity contribution < 1.29 is 4.74 Å². The highest BCUT2D eigenvalue weighted by Crippen LogP contribution is 2.29. The molecule has 1 saturated carbocycles. The highest BCUT2D eigenvalue weighted by Gasteiger charge is 2.19. The number of hydrogen-bond acceptors (Lipinski definition) is 2. The molecule has 1 aliphatic carbocycles. The molecule has 1 aromatic carbocycles. The molecular formula is C16H25NO. The maximum atomic E-state index is 6.06. The minimum Gasteiger partial charge on any atom is -0.493 e. The van der Waals surface area contributed by atoms with E-state index in [9.17, 15) is 0 Å². The molecule has 0 spiro atoms. The molecule has 0 unspecified atom stereocenters. The largest absolute Gasteiger partial charge is 0.493 e. The van der Waals surface area contributed by atoms with Crippen molar-refractivity contribution in [2.24, 2.45) is 5.92 Å². The second-order valence-electron chi connectivity index (χ2n) is 5.71. The van der Waals surface area contributed by atoms with Crippen LogP contribution in [0.4, 0.5) is 0 Å². The van der Waals surface area contributed by atoms with E-state index in [1.54, 1.807) is 0 Å². The second kappa shape index (κ2) is 6.24. The van der Waals surface area contributed by atoms with E-state index in [0.717, 1.165) is 24.8 Å². The molecule has 0 aliphatic heterocycles. The molecule has 2 heteroatoms. The van der Waals surface area contributed by atoms with Crippen molar-refractivity contribution in [1.29, 1.82) is 0 Å². The average molecular weight is 247 g/mol. The van der Waals surface area contributed by atoms with Crippen molar-refractivity contribution in [3.8, 4) is 5.75 Å². The van der Waals surface area contributed by atoms with Gasteiger partial charge in [-0.1, -0.05) is 38.5 Å². The van der Waals surface area contributed by atoms with E-state index in [4.69, 9.17) is 4.74 Å². The van der Waals surface area contributed by atoms with Crippen LogP contribution >= 0.6 is 0 Å². The lowest BCUT2D eigenvalue weighted by Crippen LogP contribution is -2.23. The van der Waals surface area contributed by atoms with Gasteiger partial charge < -0.3 is 10.1 Å². The van der Waals surface area contributed by atoms with E-state index in [1.165, 1.54) is 30.4 Å². The first-order valence-electron chi connectivity index (χ1n) is 7.11. The molecule has 0 saturated heterocycles. The van der Waals surface area contributed by atoms with Gasteiger partial charge in [-0.3, -0.25) is 0 Å². The van der Waals surface area contributed by atoms with Gasteiger partial charge in [-0.2, -0.15) is 0 Å². The van der Waals surface area contributed by atoms with Gasteiger partial charge in [0.2, 0.25) is 0 Å². The highest BCUT2D eigenvalue weighted by atomic mass is 16.5. The Hall–Kier alpha value is -1.02. The van der Waals surface area contributed by atoms with Crippen molar-refractivity contribution in [1.82, 2.24) is 5.32 Å². The molecule has 1 aromatic rings. The van der Waals surface area contributed by atoms with Gasteiger partial charge in [0.25, 0.3) is 0 Å². The summed E-state index contributed by atoms with van der Waals surface area (Å²) in [6.07, 6.45) is 4.06. The zero-order valence-electron chi connectivity index (χ0n) is 11.8. The van der Waals surface area contributed by atoms with Crippen LogP contribution in [-0.4, -0.2) is 12.6 Å². The van der Waals surface area contributed by atoms with Crippen LogP contribution in [0.15, 0.2) is 18.2 Å². The SMILES string of the molecule is Cc1cccc(CNC(C)C)c1OCC1CCC1. The Labute approximate surface area is 111 Å². The first kappa shape index (κ1) is 13.4. The molecule has 100 valence electrons. The van der Waals surface area contributed by atoms with Crippen molar-refractivity contribution in [3.63, 3.8) is 0 Å². The number of aryl methyl sites for hydroxylation is 1. The van der Waals surface area contributed by atoms with Gasteiger partial charge in [0.15, 0.2) is 0 Å². The predicted octanol–water partition coefficient (Wildman–Crippen LogP) is 3.67. The lowest BCUT2D eigenvalue weighted by atomic mass is 9.86. The molecule has 2 rings (SSSR count). The molecule has 1 N–H and O–H groups in total. The number of para-hydroxylation sites is 1. The van der Waals surface area contributed by atoms with E-state index in [1.807, 2.05) is 0 Å². The number of benzene rings is 1. The van der Waals surface area contributed by atoms with Crippen LogP contribution in [0.1, 0.15) is 44.2 Å². The van der Waals surface area contributed by atoms with E-state index in [-0.39, 0.29) is 0 Å². The Balaban J connectivity index is 2.00. The summed E-state index contributed by atoms with van der Waals surface area (Å²) in [7, 11) is 0. The van der Waals surface area contributed by atoms with Crippen molar-refractivity contribution in [2.75, 3.05) is 6.61 Å². The highest BCUT2D eigenvalue weighted by molar-refractivity contribution is 5.40. The Morgan fingerprint density at radius 1 is 1.33 bits per heavy atom. The average Bonchev–Trinajstić information content (AvgIpc) is 2.26. The molecule has 0 atom stereocenters. The first-order chi connectivity index (χ1) is 8.66. The Morgan fingerprint density at radius 3 is 2.72 bits per heavy atom. The topological polar surface area (TPSA) is 21.3 Å². The van der Waals surface area contributed by atoms with Gasteiger partial charge in [-0.05, 0) is 31.2 Å². The molecule has 1 fully saturated rings. The molecule has 0 heterocycles. The van der Waals surface area contributed by atoms with Crippen molar-refractivity contribution in [3.05, 3.63) is 29.3 Å². The smallest absolute Gasteiger partial charge is 0.126 e. The Bertz CT molecular complexity index is 383. The number of rotatable bonds is 6. The molecule has 0 amide bonds. The summed E-state index contributed by atoms with van der Waals surface area (Å²) in [5, 5.41) is 3.46. The molecule has 0 aromatic heterocycles. The molecule has 18 heavy (non-hydrogen) atoms. The van der Waals surface area contributed by atoms with Gasteiger partial charge in [-0.15, -0.1) is 0 Å². The van der Waals surface area contributed by atoms with E-state index < -0.39 is 0 Å². The van der Waals surface area contributed by atoms with Crippen LogP contribution < -0.4 is 10.1 Å². The maximum absolute atomic E-state index is 6.06. The van der Waals surface area contributed by atoms with Crippen LogP contribution in [0.3, 0.4) is 0 Å². The van der Waals surface area contributed by atoms with Crippen molar-refractivity contribution >= 4 is 0 Å². The number of hydrogen-bond donors (Lipinski definition) is 1. The fraction of sp³-hybridized carbons (Fsp3) is 0.625. The second-order valence-corrected chi connectivity index (χ2v) is 5.71. The standard InChI is InChI=1S/C16H25NO/c1-12(2)17-10-15-9-4-6-13(3)16(15)18-11-14-7-5-8-14/h4,6,9,12,14,17H,5,7-8,10-11H2,1-3H3. The summed E-state index contributed by atoms with van der Waals surface area (Å²) in [4.78, 5) is 0. The van der Waals surface area contributed by atoms with Crippen LogP contribution in [-0.2, 0) is 6.54 Å². The lowest BCUT2D eigenvalue weighted by Gasteiger charge is -2.26. The maximum Gasteiger partial charge on any atom is 0.126 e. The van der Waals surface area contributed by atoms with Crippen LogP contribution in [0.25, 0.3) is 0 Å². The molecule has 0 radical (unpaired) electrons. The lowest BCUT2D eigenvalue weighted by molar-refractivity contribution is 0.178. The summed E-state index contributed by atoms with van der Waals surface area (Å²) in [6.45, 7) is 8.25. The van der Waals surface area contributed by atoms with Crippen LogP contribution in [0.5, 0.6) is 5.75 Å². The third kappa shape index (κ3) is 3.49. The third-order valence-corrected chi connectivity index (χ3v) is 3.68. The fourth-order valence-corrected chi connectivity index (χ4v) is 2.23. The van der Waals surface area contributed by atoms with Gasteiger partial charge in [0, 0.05) is 18.2 Å². The summed E-state index contributed by atoms with van der Waals surface area (Å²) in [6, 6.07) is 6.92. The number of nitrogens with one attached hydrogen (secondary N) is 1. The monoisotopic (exact) mass is 247 g/mol. The van der Waals surface area contributed by atoms with Crippen LogP contribution in [0.2, 0.25) is 0 Å². The fourth-order valence-electron chi connectivity index (χ4n) is 2.23. The molecule has 0 bridgehead atoms. The zero-order chi connectivity index (χ0) is 13.0. The summed E-state index contributed by atoms with van der Waals surface area (Å²) >= 11 is 0. The minimum atomic E-state index is 0.505. The van der Waals surface area contributed by atoms with Gasteiger partial charge in [0.1, 0.15) is 5.75 Å². The molecule has 2 nitrogen and oxygen atoms in total. The molecular weight excluding hydrogens is 222 g/mol. The number of ether oxygens (including phenoxy) is 1. The van der Waals surface area contributed by atoms with Crippen LogP contribution in [0, 0.1) is 12.8 Å². The van der Waals surface area contributed by atoms with Gasteiger partial charge >= 0.3 is 0 Å². The first-order valence-corrected chi connectivity index (χ1v) is 7.11. The summed E-state index contributed by atoms with van der Waals surface area (Å²) in [5.41, 5.74) is 2.53. The zero-order valence-corrected chi connectivity index (χ0v) is 11.8. The van der Waals surface area contributed by atoms with Crippen molar-refractivity contribution in [2.45, 2.75) is 52.6 Å². The third-order valence-electron chi connectivity index (χ3n) is 3.68. The summed E-state index contributed by atoms with van der Waals surface area (Å²) in [5.74, 6) is 1.88. The van der Waals surface area contributed by atoms with E-state index in [2.05, 4.69) is 44.3 Å². The Kier molecular flexibility index (Phi) is 4.65. The minimum absolute atomic E-state index is 0.505. The van der Waals surface area contributed by atoms with Gasteiger partial charge in [0.05, 0.1) is 6.61 Å². The predicted molar refractivity (Wildman–Crippen MR) is 76.0 cm³/mol. The normalized spacial score (nSPS) is 15.8. The van der Waals surface area contributed by atoms with Gasteiger partial charge in [-0.25, -0.2) is 0 Å². The van der Waals surface area contributed by atoms with E-state index in [0.29, 0.717) is 6.04 Å². The van der Waals surface area contributed by atoms with E-state index >= 15 is 0 Å².